The standard InChI is InChI=1S/C19H23ClFN7O3/c1-19(2)17(26-28(10-30)12(7-20)9-29)27(3)14-6-11(4-5-15(14)31-19)24-18-23-8-13(21)16(22)25-18/h4-6,8,10,12,29H,7,9H2,1-3H3,(H3,22,23,24,25)/b26-17-. The van der Waals surface area contributed by atoms with Gasteiger partial charge in [0, 0.05) is 18.6 Å². The van der Waals surface area contributed by atoms with Crippen LogP contribution in [0.5, 0.6) is 5.75 Å². The van der Waals surface area contributed by atoms with Gasteiger partial charge in [-0.05, 0) is 32.0 Å². The average molecular weight is 452 g/mol. The molecule has 2 aromatic rings. The number of hydrogen-bond donors (Lipinski definition) is 3. The molecule has 1 unspecified atom stereocenters. The highest BCUT2D eigenvalue weighted by molar-refractivity contribution is 6.18. The molecule has 166 valence electrons. The van der Waals surface area contributed by atoms with E-state index in [0.29, 0.717) is 29.4 Å². The molecule has 0 bridgehead atoms. The van der Waals surface area contributed by atoms with Gasteiger partial charge in [0.05, 0.1) is 24.5 Å². The maximum Gasteiger partial charge on any atom is 0.230 e. The number of aliphatic hydroxyl groups is 1. The van der Waals surface area contributed by atoms with Gasteiger partial charge >= 0.3 is 0 Å². The van der Waals surface area contributed by atoms with Crippen LogP contribution in [0.25, 0.3) is 0 Å². The SMILES string of the molecule is CN1/C(=N\N(C=O)C(CO)CCl)C(C)(C)Oc2ccc(Nc3ncc(F)c(N)n3)cc21. The van der Waals surface area contributed by atoms with Crippen molar-refractivity contribution in [3.8, 4) is 5.75 Å². The largest absolute Gasteiger partial charge is 0.478 e. The molecule has 0 fully saturated rings. The first-order chi connectivity index (χ1) is 14.7. The van der Waals surface area contributed by atoms with Crippen LogP contribution in [0.4, 0.5) is 27.5 Å². The van der Waals surface area contributed by atoms with Crippen molar-refractivity contribution in [2.75, 3.05) is 35.5 Å². The number of aromatic nitrogens is 2. The minimum atomic E-state index is -0.876. The number of anilines is 4. The van der Waals surface area contributed by atoms with Crippen LogP contribution in [0.2, 0.25) is 0 Å². The summed E-state index contributed by atoms with van der Waals surface area (Å²) in [5.41, 5.74) is 5.86. The topological polar surface area (TPSA) is 129 Å². The summed E-state index contributed by atoms with van der Waals surface area (Å²) in [7, 11) is 1.77. The number of likely N-dealkylation sites (N-methyl/N-ethyl adjacent to an activating group) is 1. The lowest BCUT2D eigenvalue weighted by Gasteiger charge is -2.40. The second kappa shape index (κ2) is 8.90. The zero-order chi connectivity index (χ0) is 22.8. The summed E-state index contributed by atoms with van der Waals surface area (Å²) >= 11 is 5.84. The molecular weight excluding hydrogens is 429 g/mol. The predicted octanol–water partition coefficient (Wildman–Crippen LogP) is 1.92. The highest BCUT2D eigenvalue weighted by Gasteiger charge is 2.38. The molecular formula is C19H23ClFN7O3. The van der Waals surface area contributed by atoms with E-state index in [1.165, 1.54) is 0 Å². The van der Waals surface area contributed by atoms with E-state index in [2.05, 4.69) is 20.4 Å². The van der Waals surface area contributed by atoms with Crippen molar-refractivity contribution in [1.29, 1.82) is 0 Å². The second-order valence-electron chi connectivity index (χ2n) is 7.31. The van der Waals surface area contributed by atoms with E-state index in [0.717, 1.165) is 11.2 Å². The molecule has 1 atom stereocenters. The van der Waals surface area contributed by atoms with Crippen molar-refractivity contribution >= 4 is 47.0 Å². The Labute approximate surface area is 183 Å². The predicted molar refractivity (Wildman–Crippen MR) is 116 cm³/mol. The molecule has 0 aliphatic carbocycles. The van der Waals surface area contributed by atoms with Crippen LogP contribution in [-0.2, 0) is 4.79 Å². The molecule has 0 radical (unpaired) electrons. The molecule has 1 aromatic heterocycles. The molecule has 1 aliphatic rings. The van der Waals surface area contributed by atoms with Crippen LogP contribution in [0.1, 0.15) is 13.8 Å². The van der Waals surface area contributed by atoms with Gasteiger partial charge in [-0.2, -0.15) is 10.1 Å². The normalized spacial score (nSPS) is 17.0. The number of hydrogen-bond acceptors (Lipinski definition) is 8. The first kappa shape index (κ1) is 22.5. The van der Waals surface area contributed by atoms with Crippen LogP contribution in [0.15, 0.2) is 29.5 Å². The van der Waals surface area contributed by atoms with Crippen molar-refractivity contribution in [2.24, 2.45) is 5.10 Å². The zero-order valence-corrected chi connectivity index (χ0v) is 18.0. The van der Waals surface area contributed by atoms with Crippen molar-refractivity contribution in [1.82, 2.24) is 15.0 Å². The van der Waals surface area contributed by atoms with E-state index in [4.69, 9.17) is 22.1 Å². The van der Waals surface area contributed by atoms with E-state index in [-0.39, 0.29) is 24.3 Å². The van der Waals surface area contributed by atoms with E-state index >= 15 is 0 Å². The van der Waals surface area contributed by atoms with E-state index in [9.17, 15) is 14.3 Å². The molecule has 3 rings (SSSR count). The minimum absolute atomic E-state index is 0.0163. The van der Waals surface area contributed by atoms with Crippen LogP contribution in [0, 0.1) is 5.82 Å². The number of hydrazone groups is 1. The summed E-state index contributed by atoms with van der Waals surface area (Å²) in [6.07, 6.45) is 1.48. The van der Waals surface area contributed by atoms with Gasteiger partial charge in [0.15, 0.2) is 23.1 Å². The summed E-state index contributed by atoms with van der Waals surface area (Å²) in [4.78, 5) is 21.0. The van der Waals surface area contributed by atoms with Crippen LogP contribution >= 0.6 is 11.6 Å². The van der Waals surface area contributed by atoms with E-state index < -0.39 is 17.5 Å². The fourth-order valence-electron chi connectivity index (χ4n) is 3.04. The van der Waals surface area contributed by atoms with Gasteiger partial charge in [-0.1, -0.05) is 0 Å². The lowest BCUT2D eigenvalue weighted by molar-refractivity contribution is -0.120. The summed E-state index contributed by atoms with van der Waals surface area (Å²) < 4.78 is 19.4. The Hall–Kier alpha value is -3.18. The lowest BCUT2D eigenvalue weighted by atomic mass is 10.0. The van der Waals surface area contributed by atoms with Crippen molar-refractivity contribution in [2.45, 2.75) is 25.5 Å². The molecule has 10 nitrogen and oxygen atoms in total. The number of fused-ring (bicyclic) bond motifs is 1. The van der Waals surface area contributed by atoms with Crippen LogP contribution in [-0.4, -0.2) is 63.5 Å². The number of nitrogen functional groups attached to an aromatic ring is 1. The van der Waals surface area contributed by atoms with Gasteiger partial charge in [-0.3, -0.25) is 4.79 Å². The number of nitrogens with one attached hydrogen (secondary N) is 1. The number of amides is 1. The fraction of sp³-hybridized carbons (Fsp3) is 0.368. The molecule has 0 saturated carbocycles. The number of nitrogens with two attached hydrogens (primary N) is 1. The first-order valence-electron chi connectivity index (χ1n) is 9.31. The van der Waals surface area contributed by atoms with Crippen LogP contribution < -0.4 is 20.7 Å². The van der Waals surface area contributed by atoms with Crippen molar-refractivity contribution in [3.63, 3.8) is 0 Å². The van der Waals surface area contributed by atoms with Gasteiger partial charge in [0.25, 0.3) is 0 Å². The maximum absolute atomic E-state index is 13.3. The number of ether oxygens (including phenoxy) is 1. The summed E-state index contributed by atoms with van der Waals surface area (Å²) in [6.45, 7) is 3.28. The highest BCUT2D eigenvalue weighted by atomic mass is 35.5. The molecule has 1 aromatic carbocycles. The van der Waals surface area contributed by atoms with Crippen molar-refractivity contribution < 1.29 is 19.0 Å². The van der Waals surface area contributed by atoms with Gasteiger partial charge < -0.3 is 25.8 Å². The third-order valence-corrected chi connectivity index (χ3v) is 5.01. The number of halogens is 2. The minimum Gasteiger partial charge on any atom is -0.478 e. The Morgan fingerprint density at radius 1 is 1.52 bits per heavy atom. The number of nitrogens with zero attached hydrogens (tertiary/aromatic N) is 5. The van der Waals surface area contributed by atoms with Gasteiger partial charge in [0.2, 0.25) is 12.4 Å². The molecule has 0 saturated heterocycles. The number of benzene rings is 1. The number of aliphatic hydroxyl groups excluding tert-OH is 1. The molecule has 2 heterocycles. The smallest absolute Gasteiger partial charge is 0.230 e. The molecule has 0 spiro atoms. The Morgan fingerprint density at radius 2 is 2.26 bits per heavy atom. The Bertz CT molecular complexity index is 1000. The zero-order valence-electron chi connectivity index (χ0n) is 17.2. The van der Waals surface area contributed by atoms with Crippen molar-refractivity contribution in [3.05, 3.63) is 30.2 Å². The number of carbonyl (C=O) groups excluding carboxylic acids is 1. The number of amidine groups is 1. The maximum atomic E-state index is 13.3. The van der Waals surface area contributed by atoms with Gasteiger partial charge in [-0.25, -0.2) is 14.4 Å². The quantitative estimate of drug-likeness (QED) is 0.331. The van der Waals surface area contributed by atoms with Gasteiger partial charge in [0.1, 0.15) is 5.75 Å². The highest BCUT2D eigenvalue weighted by Crippen LogP contribution is 2.39. The summed E-state index contributed by atoms with van der Waals surface area (Å²) in [5, 5.41) is 17.9. The third-order valence-electron chi connectivity index (χ3n) is 4.65. The average Bonchev–Trinajstić information content (AvgIpc) is 2.73. The Kier molecular flexibility index (Phi) is 6.46. The summed E-state index contributed by atoms with van der Waals surface area (Å²) in [5.74, 6) is 0.194. The molecule has 1 aliphatic heterocycles. The number of carbonyl (C=O) groups is 1. The molecule has 4 N–H and O–H groups in total. The van der Waals surface area contributed by atoms with E-state index in [1.54, 1.807) is 30.1 Å². The Balaban J connectivity index is 1.96. The summed E-state index contributed by atoms with van der Waals surface area (Å²) in [6, 6.07) is 4.60. The number of rotatable bonds is 7. The number of alkyl halides is 1. The fourth-order valence-corrected chi connectivity index (χ4v) is 3.28. The first-order valence-corrected chi connectivity index (χ1v) is 9.85. The Morgan fingerprint density at radius 3 is 2.87 bits per heavy atom. The van der Waals surface area contributed by atoms with Crippen LogP contribution in [0.3, 0.4) is 0 Å². The third kappa shape index (κ3) is 4.62. The lowest BCUT2D eigenvalue weighted by Crippen LogP contribution is -2.52. The molecule has 1 amide bonds. The second-order valence-corrected chi connectivity index (χ2v) is 7.61. The molecule has 31 heavy (non-hydrogen) atoms. The monoisotopic (exact) mass is 451 g/mol. The molecule has 12 heteroatoms. The van der Waals surface area contributed by atoms with Gasteiger partial charge in [-0.15, -0.1) is 11.6 Å². The van der Waals surface area contributed by atoms with E-state index in [1.807, 2.05) is 13.8 Å².